The van der Waals surface area contributed by atoms with Gasteiger partial charge in [-0.15, -0.1) is 0 Å². The van der Waals surface area contributed by atoms with Crippen molar-refractivity contribution in [3.63, 3.8) is 0 Å². The third kappa shape index (κ3) is 3.49. The standard InChI is InChI=1S/C19H21ClN2O2/c1-22(2)21-19-13(10-11-24-14-6-4-3-5-7-14)12-16-15(19)8-9-17(23)18(16)20/h3-9,13,23H,10-12H2,1-2H3/b21-19-. The van der Waals surface area contributed by atoms with Crippen molar-refractivity contribution >= 4 is 17.3 Å². The smallest absolute Gasteiger partial charge is 0.134 e. The molecule has 0 saturated carbocycles. The van der Waals surface area contributed by atoms with E-state index in [0.29, 0.717) is 11.6 Å². The Morgan fingerprint density at radius 3 is 2.67 bits per heavy atom. The molecule has 24 heavy (non-hydrogen) atoms. The van der Waals surface area contributed by atoms with Gasteiger partial charge in [0.25, 0.3) is 0 Å². The summed E-state index contributed by atoms with van der Waals surface area (Å²) < 4.78 is 5.82. The number of ether oxygens (including phenoxy) is 1. The number of halogens is 1. The van der Waals surface area contributed by atoms with Crippen molar-refractivity contribution in [1.82, 2.24) is 5.01 Å². The van der Waals surface area contributed by atoms with Crippen LogP contribution in [-0.2, 0) is 6.42 Å². The molecule has 0 spiro atoms. The van der Waals surface area contributed by atoms with E-state index in [1.165, 1.54) is 0 Å². The topological polar surface area (TPSA) is 45.1 Å². The van der Waals surface area contributed by atoms with Crippen LogP contribution in [0.1, 0.15) is 17.5 Å². The zero-order chi connectivity index (χ0) is 17.1. The molecule has 4 nitrogen and oxygen atoms in total. The predicted molar refractivity (Wildman–Crippen MR) is 97.1 cm³/mol. The second kappa shape index (κ2) is 7.14. The molecule has 0 aromatic heterocycles. The highest BCUT2D eigenvalue weighted by molar-refractivity contribution is 6.33. The molecule has 0 fully saturated rings. The van der Waals surface area contributed by atoms with E-state index in [1.54, 1.807) is 11.1 Å². The lowest BCUT2D eigenvalue weighted by Gasteiger charge is -2.15. The van der Waals surface area contributed by atoms with Gasteiger partial charge in [-0.25, -0.2) is 0 Å². The van der Waals surface area contributed by atoms with E-state index >= 15 is 0 Å². The summed E-state index contributed by atoms with van der Waals surface area (Å²) in [5.41, 5.74) is 3.01. The summed E-state index contributed by atoms with van der Waals surface area (Å²) in [6, 6.07) is 13.3. The maximum Gasteiger partial charge on any atom is 0.134 e. The number of rotatable bonds is 5. The number of phenolic OH excluding ortho intramolecular Hbond substituents is 1. The fraction of sp³-hybridized carbons (Fsp3) is 0.316. The maximum absolute atomic E-state index is 9.86. The van der Waals surface area contributed by atoms with Gasteiger partial charge < -0.3 is 14.9 Å². The first-order valence-electron chi connectivity index (χ1n) is 8.00. The monoisotopic (exact) mass is 344 g/mol. The van der Waals surface area contributed by atoms with Crippen LogP contribution in [0.5, 0.6) is 11.5 Å². The van der Waals surface area contributed by atoms with Gasteiger partial charge in [0.2, 0.25) is 0 Å². The van der Waals surface area contributed by atoms with Crippen LogP contribution in [0.2, 0.25) is 5.02 Å². The number of aromatic hydroxyl groups is 1. The van der Waals surface area contributed by atoms with Crippen molar-refractivity contribution in [2.75, 3.05) is 20.7 Å². The molecule has 0 radical (unpaired) electrons. The highest BCUT2D eigenvalue weighted by Gasteiger charge is 2.31. The third-order valence-corrected chi connectivity index (χ3v) is 4.54. The van der Waals surface area contributed by atoms with Crippen molar-refractivity contribution in [1.29, 1.82) is 0 Å². The van der Waals surface area contributed by atoms with E-state index in [0.717, 1.165) is 35.4 Å². The Kier molecular flexibility index (Phi) is 4.95. The molecular formula is C19H21ClN2O2. The number of nitrogens with zero attached hydrogens (tertiary/aromatic N) is 2. The fourth-order valence-corrected chi connectivity index (χ4v) is 3.28. The average molecular weight is 345 g/mol. The van der Waals surface area contributed by atoms with Crippen molar-refractivity contribution in [3.05, 3.63) is 58.6 Å². The first-order valence-corrected chi connectivity index (χ1v) is 8.38. The fourth-order valence-electron chi connectivity index (χ4n) is 3.04. The van der Waals surface area contributed by atoms with Crippen LogP contribution in [-0.4, -0.2) is 36.5 Å². The van der Waals surface area contributed by atoms with E-state index < -0.39 is 0 Å². The van der Waals surface area contributed by atoms with E-state index in [-0.39, 0.29) is 11.7 Å². The zero-order valence-electron chi connectivity index (χ0n) is 13.9. The minimum Gasteiger partial charge on any atom is -0.506 e. The number of fused-ring (bicyclic) bond motifs is 1. The number of phenols is 1. The molecule has 0 bridgehead atoms. The van der Waals surface area contributed by atoms with Crippen LogP contribution >= 0.6 is 11.6 Å². The van der Waals surface area contributed by atoms with Crippen molar-refractivity contribution < 1.29 is 9.84 Å². The van der Waals surface area contributed by atoms with Crippen LogP contribution in [0.25, 0.3) is 0 Å². The number of benzene rings is 2. The Labute approximate surface area is 147 Å². The molecule has 0 amide bonds. The van der Waals surface area contributed by atoms with Gasteiger partial charge in [0, 0.05) is 25.6 Å². The lowest BCUT2D eigenvalue weighted by Crippen LogP contribution is -2.18. The first kappa shape index (κ1) is 16.7. The normalized spacial score (nSPS) is 17.8. The predicted octanol–water partition coefficient (Wildman–Crippen LogP) is 3.95. The van der Waals surface area contributed by atoms with Gasteiger partial charge in [-0.1, -0.05) is 29.8 Å². The number of hydrogen-bond acceptors (Lipinski definition) is 4. The molecule has 3 rings (SSSR count). The van der Waals surface area contributed by atoms with Gasteiger partial charge in [-0.2, -0.15) is 5.10 Å². The van der Waals surface area contributed by atoms with E-state index in [9.17, 15) is 5.11 Å². The Bertz CT molecular complexity index is 745. The van der Waals surface area contributed by atoms with Crippen LogP contribution in [0.4, 0.5) is 0 Å². The molecule has 1 atom stereocenters. The molecule has 1 N–H and O–H groups in total. The molecule has 2 aromatic carbocycles. The number of para-hydroxylation sites is 1. The largest absolute Gasteiger partial charge is 0.506 e. The molecule has 2 aromatic rings. The van der Waals surface area contributed by atoms with Gasteiger partial charge in [0.05, 0.1) is 17.3 Å². The molecule has 0 saturated heterocycles. The molecule has 5 heteroatoms. The van der Waals surface area contributed by atoms with Crippen molar-refractivity contribution in [2.24, 2.45) is 11.0 Å². The van der Waals surface area contributed by atoms with Gasteiger partial charge in [0.1, 0.15) is 11.5 Å². The Hall–Kier alpha value is -2.20. The van der Waals surface area contributed by atoms with E-state index in [1.807, 2.05) is 50.5 Å². The minimum absolute atomic E-state index is 0.126. The van der Waals surface area contributed by atoms with E-state index in [4.69, 9.17) is 16.3 Å². The Morgan fingerprint density at radius 1 is 1.21 bits per heavy atom. The summed E-state index contributed by atoms with van der Waals surface area (Å²) in [7, 11) is 3.81. The number of hydrogen-bond donors (Lipinski definition) is 1. The lowest BCUT2D eigenvalue weighted by molar-refractivity contribution is 0.295. The molecule has 126 valence electrons. The molecule has 1 unspecified atom stereocenters. The van der Waals surface area contributed by atoms with Crippen molar-refractivity contribution in [2.45, 2.75) is 12.8 Å². The summed E-state index contributed by atoms with van der Waals surface area (Å²) in [6.07, 6.45) is 1.61. The van der Waals surface area contributed by atoms with Crippen LogP contribution < -0.4 is 4.74 Å². The minimum atomic E-state index is 0.126. The molecule has 1 aliphatic rings. The molecular weight excluding hydrogens is 324 g/mol. The summed E-state index contributed by atoms with van der Waals surface area (Å²) in [5.74, 6) is 1.22. The molecule has 0 aliphatic heterocycles. The lowest BCUT2D eigenvalue weighted by atomic mass is 10.0. The highest BCUT2D eigenvalue weighted by atomic mass is 35.5. The average Bonchev–Trinajstić information content (AvgIpc) is 2.90. The molecule has 0 heterocycles. The summed E-state index contributed by atoms with van der Waals surface area (Å²) in [6.45, 7) is 0.610. The van der Waals surface area contributed by atoms with Gasteiger partial charge in [-0.3, -0.25) is 0 Å². The zero-order valence-corrected chi connectivity index (χ0v) is 14.6. The summed E-state index contributed by atoms with van der Waals surface area (Å²) in [5, 5.41) is 16.7. The van der Waals surface area contributed by atoms with Crippen LogP contribution in [0.15, 0.2) is 47.6 Å². The summed E-state index contributed by atoms with van der Waals surface area (Å²) in [4.78, 5) is 0. The summed E-state index contributed by atoms with van der Waals surface area (Å²) >= 11 is 6.29. The first-order chi connectivity index (χ1) is 11.6. The van der Waals surface area contributed by atoms with E-state index in [2.05, 4.69) is 5.10 Å². The van der Waals surface area contributed by atoms with Crippen molar-refractivity contribution in [3.8, 4) is 11.5 Å². The Morgan fingerprint density at radius 2 is 1.96 bits per heavy atom. The number of hydrazone groups is 1. The second-order valence-electron chi connectivity index (χ2n) is 6.11. The third-order valence-electron chi connectivity index (χ3n) is 4.12. The maximum atomic E-state index is 9.86. The molecule has 1 aliphatic carbocycles. The second-order valence-corrected chi connectivity index (χ2v) is 6.49. The SMILES string of the molecule is CN(C)/N=C1\c2ccc(O)c(Cl)c2CC1CCOc1ccccc1. The van der Waals surface area contributed by atoms with Crippen LogP contribution in [0.3, 0.4) is 0 Å². The van der Waals surface area contributed by atoms with Crippen LogP contribution in [0, 0.1) is 5.92 Å². The Balaban J connectivity index is 1.77. The van der Waals surface area contributed by atoms with Gasteiger partial charge in [-0.05, 0) is 42.7 Å². The highest BCUT2D eigenvalue weighted by Crippen LogP contribution is 2.38. The van der Waals surface area contributed by atoms with Gasteiger partial charge >= 0.3 is 0 Å². The quantitative estimate of drug-likeness (QED) is 0.835. The van der Waals surface area contributed by atoms with Gasteiger partial charge in [0.15, 0.2) is 0 Å².